The first-order chi connectivity index (χ1) is 8.42. The third-order valence-electron chi connectivity index (χ3n) is 3.06. The Hall–Kier alpha value is -0.960. The molecule has 0 aromatic rings. The lowest BCUT2D eigenvalue weighted by Gasteiger charge is -2.23. The number of nitrogens with zero attached hydrogens (tertiary/aromatic N) is 4. The summed E-state index contributed by atoms with van der Waals surface area (Å²) in [5.41, 5.74) is -0.792. The zero-order valence-electron chi connectivity index (χ0n) is 13.4. The monoisotopic (exact) mass is 358 g/mol. The van der Waals surface area contributed by atoms with Gasteiger partial charge in [-0.1, -0.05) is 0 Å². The Morgan fingerprint density at radius 1 is 0.773 bits per heavy atom. The molecular weight excluding hydrogens is 331 g/mol. The highest BCUT2D eigenvalue weighted by Gasteiger charge is 2.31. The third-order valence-corrected chi connectivity index (χ3v) is 3.06. The summed E-state index contributed by atoms with van der Waals surface area (Å²) in [6.45, 7) is 11.5. The Morgan fingerprint density at radius 2 is 1.09 bits per heavy atom. The predicted octanol–water partition coefficient (Wildman–Crippen LogP) is 0.193. The van der Waals surface area contributed by atoms with Crippen molar-refractivity contribution < 1.29 is 11.0 Å². The second-order valence-electron chi connectivity index (χ2n) is 5.63. The van der Waals surface area contributed by atoms with E-state index >= 15 is 0 Å². The minimum absolute atomic E-state index is 0. The van der Waals surface area contributed by atoms with Crippen molar-refractivity contribution in [1.82, 2.24) is 10.6 Å². The van der Waals surface area contributed by atoms with E-state index in [4.69, 9.17) is 0 Å². The molecule has 0 saturated carbocycles. The van der Waals surface area contributed by atoms with Crippen molar-refractivity contribution in [2.24, 2.45) is 20.2 Å². The van der Waals surface area contributed by atoms with Crippen molar-refractivity contribution in [1.29, 1.82) is 0 Å². The van der Waals surface area contributed by atoms with E-state index in [0.29, 0.717) is 0 Å². The molecule has 0 amide bonds. The van der Waals surface area contributed by atoms with E-state index in [1.165, 1.54) is 0 Å². The lowest BCUT2D eigenvalue weighted by atomic mass is 10.0. The van der Waals surface area contributed by atoms with Gasteiger partial charge in [-0.05, 0) is 27.7 Å². The van der Waals surface area contributed by atoms with Gasteiger partial charge in [0.05, 0.1) is 13.1 Å². The Bertz CT molecular complexity index is 386. The topological polar surface area (TPSA) is 136 Å². The standard InChI is InChI=1S/C12H22N6.2ClH.2H2O/c1-11(2,9-13-5-6-14-9)17-18-12(3,4)10-15-7-8-16-10;;;;/h5-8H2,1-4H3,(H,13,14)(H,15,16);2*1H;2*1H2. The average molecular weight is 359 g/mol. The van der Waals surface area contributed by atoms with E-state index < -0.39 is 11.1 Å². The highest BCUT2D eigenvalue weighted by Crippen LogP contribution is 2.19. The van der Waals surface area contributed by atoms with E-state index in [-0.39, 0.29) is 35.8 Å². The molecule has 0 bridgehead atoms. The van der Waals surface area contributed by atoms with Crippen LogP contribution in [-0.2, 0) is 0 Å². The molecule has 0 saturated heterocycles. The van der Waals surface area contributed by atoms with Crippen LogP contribution < -0.4 is 10.6 Å². The summed E-state index contributed by atoms with van der Waals surface area (Å²) < 4.78 is 0. The fraction of sp³-hybridized carbons (Fsp3) is 0.833. The molecule has 0 spiro atoms. The Morgan fingerprint density at radius 3 is 1.32 bits per heavy atom. The van der Waals surface area contributed by atoms with E-state index in [0.717, 1.165) is 37.9 Å². The number of nitrogens with one attached hydrogen (secondary N) is 2. The fourth-order valence-corrected chi connectivity index (χ4v) is 1.96. The predicted molar refractivity (Wildman–Crippen MR) is 95.3 cm³/mol. The van der Waals surface area contributed by atoms with Gasteiger partial charge in [0.2, 0.25) is 0 Å². The Labute approximate surface area is 143 Å². The Kier molecular flexibility index (Phi) is 11.7. The molecule has 6 N–H and O–H groups in total. The smallest absolute Gasteiger partial charge is 0.133 e. The minimum atomic E-state index is -0.396. The van der Waals surface area contributed by atoms with Gasteiger partial charge in [0.15, 0.2) is 0 Å². The lowest BCUT2D eigenvalue weighted by molar-refractivity contribution is 0.552. The molecule has 2 aliphatic heterocycles. The third kappa shape index (κ3) is 6.04. The molecule has 0 aromatic carbocycles. The van der Waals surface area contributed by atoms with Crippen molar-refractivity contribution in [3.05, 3.63) is 0 Å². The fourth-order valence-electron chi connectivity index (χ4n) is 1.96. The Balaban J connectivity index is -0.000000902. The maximum atomic E-state index is 4.47. The SMILES string of the molecule is CC(C)(N=NC(C)(C)C1=NCCN1)C1=NCCN1.Cl.Cl.O.O. The number of aliphatic imine (C=N–C) groups is 2. The van der Waals surface area contributed by atoms with Gasteiger partial charge in [0.25, 0.3) is 0 Å². The largest absolute Gasteiger partial charge is 0.412 e. The summed E-state index contributed by atoms with van der Waals surface area (Å²) >= 11 is 0. The number of hydrogen-bond donors (Lipinski definition) is 2. The van der Waals surface area contributed by atoms with Crippen molar-refractivity contribution in [3.63, 3.8) is 0 Å². The molecule has 0 fully saturated rings. The lowest BCUT2D eigenvalue weighted by Crippen LogP contribution is -2.41. The minimum Gasteiger partial charge on any atom is -0.412 e. The van der Waals surface area contributed by atoms with Gasteiger partial charge in [0.1, 0.15) is 22.7 Å². The van der Waals surface area contributed by atoms with Gasteiger partial charge in [-0.15, -0.1) is 24.8 Å². The van der Waals surface area contributed by atoms with Crippen molar-refractivity contribution in [2.75, 3.05) is 26.2 Å². The van der Waals surface area contributed by atoms with Crippen LogP contribution in [0.3, 0.4) is 0 Å². The van der Waals surface area contributed by atoms with E-state index in [1.54, 1.807) is 0 Å². The molecule has 8 nitrogen and oxygen atoms in total. The van der Waals surface area contributed by atoms with Gasteiger partial charge < -0.3 is 21.6 Å². The van der Waals surface area contributed by atoms with Crippen LogP contribution in [0, 0.1) is 0 Å². The van der Waals surface area contributed by atoms with Gasteiger partial charge >= 0.3 is 0 Å². The van der Waals surface area contributed by atoms with E-state index in [1.807, 2.05) is 27.7 Å². The first-order valence-electron chi connectivity index (χ1n) is 6.43. The number of azo groups is 1. The summed E-state index contributed by atoms with van der Waals surface area (Å²) in [6.07, 6.45) is 0. The molecule has 0 radical (unpaired) electrons. The normalized spacial score (nSPS) is 16.9. The van der Waals surface area contributed by atoms with Crippen LogP contribution in [0.15, 0.2) is 20.2 Å². The summed E-state index contributed by atoms with van der Waals surface area (Å²) in [5, 5.41) is 15.4. The molecule has 0 atom stereocenters. The van der Waals surface area contributed by atoms with Gasteiger partial charge in [-0.3, -0.25) is 9.98 Å². The molecule has 0 aliphatic carbocycles. The van der Waals surface area contributed by atoms with Crippen LogP contribution in [0.4, 0.5) is 0 Å². The first-order valence-corrected chi connectivity index (χ1v) is 6.43. The van der Waals surface area contributed by atoms with Crippen LogP contribution in [0.1, 0.15) is 27.7 Å². The zero-order valence-corrected chi connectivity index (χ0v) is 15.1. The summed E-state index contributed by atoms with van der Waals surface area (Å²) in [5.74, 6) is 1.84. The average Bonchev–Trinajstić information content (AvgIpc) is 2.99. The molecule has 0 aromatic heterocycles. The van der Waals surface area contributed by atoms with E-state index in [2.05, 4.69) is 30.8 Å². The molecule has 22 heavy (non-hydrogen) atoms. The van der Waals surface area contributed by atoms with Crippen LogP contribution >= 0.6 is 24.8 Å². The van der Waals surface area contributed by atoms with Gasteiger partial charge in [-0.25, -0.2) is 0 Å². The van der Waals surface area contributed by atoms with Crippen LogP contribution in [-0.4, -0.2) is 59.9 Å². The maximum Gasteiger partial charge on any atom is 0.133 e. The van der Waals surface area contributed by atoms with Crippen LogP contribution in [0.2, 0.25) is 0 Å². The highest BCUT2D eigenvalue weighted by molar-refractivity contribution is 5.93. The number of amidine groups is 2. The summed E-state index contributed by atoms with van der Waals surface area (Å²) in [6, 6.07) is 0. The number of halogens is 2. The molecule has 2 heterocycles. The van der Waals surface area contributed by atoms with Gasteiger partial charge in [-0.2, -0.15) is 10.2 Å². The highest BCUT2D eigenvalue weighted by atomic mass is 35.5. The van der Waals surface area contributed by atoms with Gasteiger partial charge in [0, 0.05) is 13.1 Å². The molecular formula is C12H28Cl2N6O2. The molecule has 132 valence electrons. The zero-order chi connectivity index (χ0) is 13.2. The number of hydrogen-bond acceptors (Lipinski definition) is 6. The maximum absolute atomic E-state index is 4.47. The second-order valence-corrected chi connectivity index (χ2v) is 5.63. The molecule has 2 rings (SSSR count). The molecule has 2 aliphatic rings. The van der Waals surface area contributed by atoms with Crippen molar-refractivity contribution in [3.8, 4) is 0 Å². The summed E-state index contributed by atoms with van der Waals surface area (Å²) in [4.78, 5) is 8.82. The quantitative estimate of drug-likeness (QED) is 0.693. The molecule has 10 heteroatoms. The van der Waals surface area contributed by atoms with Crippen LogP contribution in [0.5, 0.6) is 0 Å². The second kappa shape index (κ2) is 9.94. The van der Waals surface area contributed by atoms with Crippen molar-refractivity contribution in [2.45, 2.75) is 38.8 Å². The first kappa shape index (κ1) is 26.0. The number of rotatable bonds is 4. The van der Waals surface area contributed by atoms with Crippen LogP contribution in [0.25, 0.3) is 0 Å². The summed E-state index contributed by atoms with van der Waals surface area (Å²) in [7, 11) is 0. The van der Waals surface area contributed by atoms with E-state index in [9.17, 15) is 0 Å². The van der Waals surface area contributed by atoms with Crippen molar-refractivity contribution >= 4 is 36.5 Å². The molecule has 0 unspecified atom stereocenters.